The summed E-state index contributed by atoms with van der Waals surface area (Å²) in [7, 11) is 0. The molecule has 1 aliphatic carbocycles. The van der Waals surface area contributed by atoms with Gasteiger partial charge in [0.1, 0.15) is 0 Å². The quantitative estimate of drug-likeness (QED) is 0.302. The highest BCUT2D eigenvalue weighted by Crippen LogP contribution is 2.40. The van der Waals surface area contributed by atoms with Gasteiger partial charge in [0.05, 0.1) is 17.1 Å². The van der Waals surface area contributed by atoms with E-state index in [0.717, 1.165) is 17.8 Å². The number of hydrogen-bond acceptors (Lipinski definition) is 1. The van der Waals surface area contributed by atoms with E-state index in [-0.39, 0.29) is 0 Å². The van der Waals surface area contributed by atoms with Gasteiger partial charge < -0.3 is 4.98 Å². The molecule has 0 spiro atoms. The van der Waals surface area contributed by atoms with Crippen LogP contribution in [0.2, 0.25) is 0 Å². The number of benzene rings is 3. The molecule has 1 atom stereocenters. The molecular formula is C35H34N2. The van der Waals surface area contributed by atoms with Crippen LogP contribution in [0.15, 0.2) is 71.2 Å². The van der Waals surface area contributed by atoms with Gasteiger partial charge in [-0.3, -0.25) is 0 Å². The number of aryl methyl sites for hydroxylation is 4. The fourth-order valence-corrected chi connectivity index (χ4v) is 5.50. The number of fused-ring (bicyclic) bond motifs is 2. The van der Waals surface area contributed by atoms with Gasteiger partial charge in [-0.2, -0.15) is 0 Å². The zero-order valence-electron chi connectivity index (χ0n) is 22.7. The predicted octanol–water partition coefficient (Wildman–Crippen LogP) is 8.86. The van der Waals surface area contributed by atoms with Crippen molar-refractivity contribution in [3.05, 3.63) is 122 Å². The minimum atomic E-state index is 0.527. The normalized spacial score (nSPS) is 17.5. The average Bonchev–Trinajstić information content (AvgIpc) is 3.39. The Kier molecular flexibility index (Phi) is 5.64. The summed E-state index contributed by atoms with van der Waals surface area (Å²) in [5, 5.41) is 0. The van der Waals surface area contributed by atoms with Crippen LogP contribution in [0.4, 0.5) is 0 Å². The van der Waals surface area contributed by atoms with Crippen LogP contribution in [-0.4, -0.2) is 10.7 Å². The summed E-state index contributed by atoms with van der Waals surface area (Å²) >= 11 is 0. The zero-order valence-corrected chi connectivity index (χ0v) is 22.7. The Morgan fingerprint density at radius 1 is 0.784 bits per heavy atom. The molecule has 184 valence electrons. The van der Waals surface area contributed by atoms with Crippen LogP contribution in [-0.2, 0) is 6.42 Å². The third kappa shape index (κ3) is 4.11. The highest BCUT2D eigenvalue weighted by atomic mass is 14.8. The molecule has 1 aromatic heterocycles. The number of aromatic nitrogens is 1. The van der Waals surface area contributed by atoms with Gasteiger partial charge in [-0.05, 0) is 87.4 Å². The lowest BCUT2D eigenvalue weighted by molar-refractivity contribution is 0.673. The average molecular weight is 483 g/mol. The van der Waals surface area contributed by atoms with E-state index in [2.05, 4.69) is 119 Å². The van der Waals surface area contributed by atoms with Crippen molar-refractivity contribution in [1.29, 1.82) is 0 Å². The summed E-state index contributed by atoms with van der Waals surface area (Å²) in [5.41, 5.74) is 18.6. The fourth-order valence-electron chi connectivity index (χ4n) is 5.50. The van der Waals surface area contributed by atoms with Crippen LogP contribution in [0.25, 0.3) is 29.1 Å². The SMILES string of the molecule is CC1=Cc2c(-c3ccc(C)cc3)[nH]c(/C=C3\N=C(c4ccc(C)cc4)c4cc(C)c(C)cc43)c2CC1C. The monoisotopic (exact) mass is 482 g/mol. The molecule has 1 aliphatic heterocycles. The number of aliphatic imine (C=N–C) groups is 1. The van der Waals surface area contributed by atoms with Gasteiger partial charge in [0.25, 0.3) is 0 Å². The molecule has 0 fully saturated rings. The summed E-state index contributed by atoms with van der Waals surface area (Å²) < 4.78 is 0. The van der Waals surface area contributed by atoms with Crippen molar-refractivity contribution in [3.8, 4) is 11.3 Å². The molecule has 1 N–H and O–H groups in total. The first kappa shape index (κ1) is 23.5. The summed E-state index contributed by atoms with van der Waals surface area (Å²) in [6.45, 7) is 13.2. The third-order valence-electron chi connectivity index (χ3n) is 8.18. The van der Waals surface area contributed by atoms with Gasteiger partial charge in [0.2, 0.25) is 0 Å². The molecule has 0 saturated heterocycles. The smallest absolute Gasteiger partial charge is 0.0788 e. The molecule has 2 heterocycles. The van der Waals surface area contributed by atoms with E-state index in [1.54, 1.807) is 0 Å². The van der Waals surface area contributed by atoms with Crippen molar-refractivity contribution in [3.63, 3.8) is 0 Å². The second-order valence-electron chi connectivity index (χ2n) is 11.0. The van der Waals surface area contributed by atoms with Crippen molar-refractivity contribution in [2.45, 2.75) is 48.0 Å². The summed E-state index contributed by atoms with van der Waals surface area (Å²) in [5.74, 6) is 0.527. The number of aromatic amines is 1. The van der Waals surface area contributed by atoms with E-state index in [4.69, 9.17) is 4.99 Å². The number of hydrogen-bond donors (Lipinski definition) is 1. The van der Waals surface area contributed by atoms with Gasteiger partial charge in [0.15, 0.2) is 0 Å². The molecule has 6 rings (SSSR count). The van der Waals surface area contributed by atoms with E-state index in [9.17, 15) is 0 Å². The summed E-state index contributed by atoms with van der Waals surface area (Å²) in [6.07, 6.45) is 5.70. The molecule has 0 bridgehead atoms. The van der Waals surface area contributed by atoms with E-state index in [1.807, 2.05) is 0 Å². The number of H-pyrrole nitrogens is 1. The Morgan fingerprint density at radius 2 is 1.38 bits per heavy atom. The lowest BCUT2D eigenvalue weighted by atomic mass is 9.84. The highest BCUT2D eigenvalue weighted by molar-refractivity contribution is 6.21. The van der Waals surface area contributed by atoms with E-state index in [1.165, 1.54) is 72.6 Å². The Morgan fingerprint density at radius 3 is 2.03 bits per heavy atom. The molecule has 3 aromatic carbocycles. The first-order chi connectivity index (χ1) is 17.8. The molecule has 1 unspecified atom stereocenters. The van der Waals surface area contributed by atoms with Crippen LogP contribution < -0.4 is 0 Å². The summed E-state index contributed by atoms with van der Waals surface area (Å²) in [6, 6.07) is 22.2. The third-order valence-corrected chi connectivity index (χ3v) is 8.18. The number of nitrogens with one attached hydrogen (secondary N) is 1. The van der Waals surface area contributed by atoms with Gasteiger partial charge >= 0.3 is 0 Å². The molecule has 0 saturated carbocycles. The maximum absolute atomic E-state index is 5.25. The van der Waals surface area contributed by atoms with Crippen molar-refractivity contribution in [2.24, 2.45) is 10.9 Å². The minimum Gasteiger partial charge on any atom is -0.354 e. The molecule has 2 aliphatic rings. The maximum Gasteiger partial charge on any atom is 0.0788 e. The van der Waals surface area contributed by atoms with Crippen molar-refractivity contribution in [1.82, 2.24) is 4.98 Å². The van der Waals surface area contributed by atoms with Crippen LogP contribution in [0.1, 0.15) is 69.6 Å². The first-order valence-corrected chi connectivity index (χ1v) is 13.3. The van der Waals surface area contributed by atoms with Gasteiger partial charge in [0, 0.05) is 27.9 Å². The van der Waals surface area contributed by atoms with Crippen LogP contribution >= 0.6 is 0 Å². The molecule has 0 amide bonds. The largest absolute Gasteiger partial charge is 0.354 e. The molecule has 4 aromatic rings. The lowest BCUT2D eigenvalue weighted by Crippen LogP contribution is -2.07. The van der Waals surface area contributed by atoms with Crippen molar-refractivity contribution < 1.29 is 0 Å². The van der Waals surface area contributed by atoms with E-state index >= 15 is 0 Å². The second-order valence-corrected chi connectivity index (χ2v) is 11.0. The first-order valence-electron chi connectivity index (χ1n) is 13.3. The fraction of sp³-hybridized carbons (Fsp3) is 0.229. The minimum absolute atomic E-state index is 0.527. The lowest BCUT2D eigenvalue weighted by Gasteiger charge is -2.19. The maximum atomic E-state index is 5.25. The Bertz CT molecular complexity index is 1620. The second kappa shape index (κ2) is 8.88. The number of rotatable bonds is 3. The molecular weight excluding hydrogens is 448 g/mol. The van der Waals surface area contributed by atoms with Gasteiger partial charge in [-0.1, -0.05) is 78.2 Å². The van der Waals surface area contributed by atoms with Gasteiger partial charge in [-0.25, -0.2) is 4.99 Å². The topological polar surface area (TPSA) is 28.1 Å². The molecule has 2 heteroatoms. The summed E-state index contributed by atoms with van der Waals surface area (Å²) in [4.78, 5) is 9.08. The van der Waals surface area contributed by atoms with Crippen LogP contribution in [0.5, 0.6) is 0 Å². The van der Waals surface area contributed by atoms with Crippen LogP contribution in [0, 0.1) is 33.6 Å². The Balaban J connectivity index is 1.55. The van der Waals surface area contributed by atoms with Crippen molar-refractivity contribution in [2.75, 3.05) is 0 Å². The Labute approximate surface area is 220 Å². The predicted molar refractivity (Wildman–Crippen MR) is 158 cm³/mol. The molecule has 37 heavy (non-hydrogen) atoms. The molecule has 2 nitrogen and oxygen atoms in total. The van der Waals surface area contributed by atoms with E-state index in [0.29, 0.717) is 5.92 Å². The standard InChI is InChI=1S/C35H34N2/c1-20-7-11-26(12-8-20)34-30-17-24(5)22(3)15-28(30)32(36-34)19-33-29-16-23(4)25(6)18-31(29)35(37-33)27-13-9-21(2)10-14-27/h7-15,17-19,23,37H,16H2,1-6H3/b32-19-. The van der Waals surface area contributed by atoms with Crippen LogP contribution in [0.3, 0.4) is 0 Å². The number of allylic oxidation sites excluding steroid dienone is 1. The molecule has 0 radical (unpaired) electrons. The van der Waals surface area contributed by atoms with Crippen molar-refractivity contribution >= 4 is 23.6 Å². The zero-order chi connectivity index (χ0) is 25.8. The number of nitrogens with zero attached hydrogens (tertiary/aromatic N) is 1. The van der Waals surface area contributed by atoms with Gasteiger partial charge in [-0.15, -0.1) is 0 Å². The highest BCUT2D eigenvalue weighted by Gasteiger charge is 2.26. The Hall–Kier alpha value is -3.91. The van der Waals surface area contributed by atoms with E-state index < -0.39 is 0 Å².